The van der Waals surface area contributed by atoms with Gasteiger partial charge in [-0.15, -0.1) is 0 Å². The lowest BCUT2D eigenvalue weighted by molar-refractivity contribution is 0.362. The number of nitrogens with one attached hydrogen (secondary N) is 1. The van der Waals surface area contributed by atoms with Gasteiger partial charge in [-0.2, -0.15) is 0 Å². The van der Waals surface area contributed by atoms with Crippen molar-refractivity contribution >= 4 is 0 Å². The van der Waals surface area contributed by atoms with Crippen molar-refractivity contribution in [1.29, 1.82) is 0 Å². The highest BCUT2D eigenvalue weighted by Crippen LogP contribution is 2.14. The van der Waals surface area contributed by atoms with Gasteiger partial charge < -0.3 is 15.6 Å². The van der Waals surface area contributed by atoms with Crippen LogP contribution in [0.2, 0.25) is 0 Å². The highest BCUT2D eigenvalue weighted by Gasteiger charge is 2.08. The standard InChI is InChI=1S/C11H21N3O/c1-8(2)11-6-10(14-15-11)7-13-9(3)4-5-12/h6,8-9,13H,4-5,7,12H2,1-3H3. The SMILES string of the molecule is CC(CCN)NCc1cc(C(C)C)on1. The van der Waals surface area contributed by atoms with Crippen LogP contribution in [0.25, 0.3) is 0 Å². The maximum atomic E-state index is 5.47. The average Bonchev–Trinajstić information content (AvgIpc) is 2.63. The third kappa shape index (κ3) is 4.01. The van der Waals surface area contributed by atoms with Crippen LogP contribution in [0.5, 0.6) is 0 Å². The summed E-state index contributed by atoms with van der Waals surface area (Å²) >= 11 is 0. The van der Waals surface area contributed by atoms with Crippen molar-refractivity contribution in [2.45, 2.75) is 45.7 Å². The summed E-state index contributed by atoms with van der Waals surface area (Å²) in [6.45, 7) is 7.77. The molecule has 0 spiro atoms. The number of aromatic nitrogens is 1. The van der Waals surface area contributed by atoms with Crippen molar-refractivity contribution in [2.24, 2.45) is 5.73 Å². The normalized spacial score (nSPS) is 13.4. The Bertz CT molecular complexity index is 283. The Morgan fingerprint density at radius 1 is 1.47 bits per heavy atom. The van der Waals surface area contributed by atoms with E-state index in [0.29, 0.717) is 18.5 Å². The fourth-order valence-corrected chi connectivity index (χ4v) is 1.31. The molecule has 4 nitrogen and oxygen atoms in total. The topological polar surface area (TPSA) is 64.1 Å². The molecule has 1 rings (SSSR count). The summed E-state index contributed by atoms with van der Waals surface area (Å²) in [5, 5.41) is 7.35. The molecule has 15 heavy (non-hydrogen) atoms. The molecule has 1 unspecified atom stereocenters. The Hall–Kier alpha value is -0.870. The first-order chi connectivity index (χ1) is 7.13. The van der Waals surface area contributed by atoms with Crippen molar-refractivity contribution < 1.29 is 4.52 Å². The Balaban J connectivity index is 2.37. The van der Waals surface area contributed by atoms with E-state index < -0.39 is 0 Å². The number of hydrogen-bond donors (Lipinski definition) is 2. The molecule has 0 aliphatic rings. The van der Waals surface area contributed by atoms with Gasteiger partial charge in [0.15, 0.2) is 0 Å². The lowest BCUT2D eigenvalue weighted by atomic mass is 10.1. The number of rotatable bonds is 6. The number of nitrogens with two attached hydrogens (primary N) is 1. The van der Waals surface area contributed by atoms with Gasteiger partial charge >= 0.3 is 0 Å². The first-order valence-corrected chi connectivity index (χ1v) is 5.52. The van der Waals surface area contributed by atoms with Crippen molar-refractivity contribution in [3.05, 3.63) is 17.5 Å². The fraction of sp³-hybridized carbons (Fsp3) is 0.727. The molecule has 0 saturated carbocycles. The van der Waals surface area contributed by atoms with Crippen LogP contribution in [0, 0.1) is 0 Å². The molecule has 0 aliphatic carbocycles. The molecule has 0 saturated heterocycles. The molecule has 0 aliphatic heterocycles. The summed E-state index contributed by atoms with van der Waals surface area (Å²) in [4.78, 5) is 0. The van der Waals surface area contributed by atoms with E-state index in [1.807, 2.05) is 6.07 Å². The Kier molecular flexibility index (Phi) is 4.78. The highest BCUT2D eigenvalue weighted by molar-refractivity contribution is 5.08. The Morgan fingerprint density at radius 2 is 2.20 bits per heavy atom. The van der Waals surface area contributed by atoms with Crippen LogP contribution >= 0.6 is 0 Å². The zero-order valence-corrected chi connectivity index (χ0v) is 9.79. The third-order valence-corrected chi connectivity index (χ3v) is 2.38. The smallest absolute Gasteiger partial charge is 0.139 e. The minimum Gasteiger partial charge on any atom is -0.361 e. The monoisotopic (exact) mass is 211 g/mol. The minimum absolute atomic E-state index is 0.396. The van der Waals surface area contributed by atoms with Gasteiger partial charge in [0.05, 0.1) is 5.69 Å². The molecule has 0 bridgehead atoms. The first kappa shape index (κ1) is 12.2. The Morgan fingerprint density at radius 3 is 2.73 bits per heavy atom. The van der Waals surface area contributed by atoms with Gasteiger partial charge in [-0.25, -0.2) is 0 Å². The molecule has 4 heteroatoms. The summed E-state index contributed by atoms with van der Waals surface area (Å²) in [6.07, 6.45) is 0.981. The average molecular weight is 211 g/mol. The van der Waals surface area contributed by atoms with Crippen LogP contribution in [0.3, 0.4) is 0 Å². The molecular weight excluding hydrogens is 190 g/mol. The lowest BCUT2D eigenvalue weighted by Crippen LogP contribution is -2.27. The van der Waals surface area contributed by atoms with E-state index in [0.717, 1.165) is 24.4 Å². The van der Waals surface area contributed by atoms with Crippen molar-refractivity contribution in [3.8, 4) is 0 Å². The summed E-state index contributed by atoms with van der Waals surface area (Å²) < 4.78 is 5.20. The van der Waals surface area contributed by atoms with Gasteiger partial charge in [-0.05, 0) is 19.9 Å². The molecular formula is C11H21N3O. The van der Waals surface area contributed by atoms with Gasteiger partial charge in [-0.1, -0.05) is 19.0 Å². The number of hydrogen-bond acceptors (Lipinski definition) is 4. The van der Waals surface area contributed by atoms with E-state index in [2.05, 4.69) is 31.2 Å². The molecule has 0 radical (unpaired) electrons. The van der Waals surface area contributed by atoms with E-state index in [1.54, 1.807) is 0 Å². The summed E-state index contributed by atoms with van der Waals surface area (Å²) in [7, 11) is 0. The van der Waals surface area contributed by atoms with E-state index in [4.69, 9.17) is 10.3 Å². The van der Waals surface area contributed by atoms with E-state index in [-0.39, 0.29) is 0 Å². The van der Waals surface area contributed by atoms with Gasteiger partial charge in [0.25, 0.3) is 0 Å². The molecule has 3 N–H and O–H groups in total. The van der Waals surface area contributed by atoms with Gasteiger partial charge in [-0.3, -0.25) is 0 Å². The minimum atomic E-state index is 0.396. The predicted molar refractivity (Wildman–Crippen MR) is 60.6 cm³/mol. The van der Waals surface area contributed by atoms with Gasteiger partial charge in [0.2, 0.25) is 0 Å². The van der Waals surface area contributed by atoms with Crippen LogP contribution in [0.15, 0.2) is 10.6 Å². The summed E-state index contributed by atoms with van der Waals surface area (Å²) in [5.74, 6) is 1.34. The van der Waals surface area contributed by atoms with Crippen LogP contribution in [-0.2, 0) is 6.54 Å². The van der Waals surface area contributed by atoms with Crippen LogP contribution in [-0.4, -0.2) is 17.7 Å². The van der Waals surface area contributed by atoms with Crippen LogP contribution in [0.4, 0.5) is 0 Å². The maximum absolute atomic E-state index is 5.47. The molecule has 0 amide bonds. The second-order valence-electron chi connectivity index (χ2n) is 4.23. The fourth-order valence-electron chi connectivity index (χ4n) is 1.31. The first-order valence-electron chi connectivity index (χ1n) is 5.52. The zero-order chi connectivity index (χ0) is 11.3. The van der Waals surface area contributed by atoms with E-state index >= 15 is 0 Å². The second-order valence-corrected chi connectivity index (χ2v) is 4.23. The van der Waals surface area contributed by atoms with Crippen LogP contribution in [0.1, 0.15) is 44.6 Å². The predicted octanol–water partition coefficient (Wildman–Crippen LogP) is 1.62. The maximum Gasteiger partial charge on any atom is 0.139 e. The van der Waals surface area contributed by atoms with Crippen molar-refractivity contribution in [2.75, 3.05) is 6.54 Å². The molecule has 86 valence electrons. The lowest BCUT2D eigenvalue weighted by Gasteiger charge is -2.10. The Labute approximate surface area is 91.2 Å². The zero-order valence-electron chi connectivity index (χ0n) is 9.79. The third-order valence-electron chi connectivity index (χ3n) is 2.38. The largest absolute Gasteiger partial charge is 0.361 e. The second kappa shape index (κ2) is 5.88. The highest BCUT2D eigenvalue weighted by atomic mass is 16.5. The quantitative estimate of drug-likeness (QED) is 0.750. The molecule has 1 aromatic rings. The number of nitrogens with zero attached hydrogens (tertiary/aromatic N) is 1. The van der Waals surface area contributed by atoms with Crippen molar-refractivity contribution in [1.82, 2.24) is 10.5 Å². The van der Waals surface area contributed by atoms with E-state index in [1.165, 1.54) is 0 Å². The summed E-state index contributed by atoms with van der Waals surface area (Å²) in [6, 6.07) is 2.43. The van der Waals surface area contributed by atoms with Gasteiger partial charge in [0.1, 0.15) is 5.76 Å². The molecule has 1 atom stereocenters. The molecule has 0 aromatic carbocycles. The molecule has 1 heterocycles. The van der Waals surface area contributed by atoms with E-state index in [9.17, 15) is 0 Å². The van der Waals surface area contributed by atoms with Crippen molar-refractivity contribution in [3.63, 3.8) is 0 Å². The molecule has 1 aromatic heterocycles. The van der Waals surface area contributed by atoms with Gasteiger partial charge in [0, 0.05) is 24.6 Å². The molecule has 0 fully saturated rings. The summed E-state index contributed by atoms with van der Waals surface area (Å²) in [5.41, 5.74) is 6.43. The van der Waals surface area contributed by atoms with Crippen LogP contribution < -0.4 is 11.1 Å².